The van der Waals surface area contributed by atoms with Crippen molar-refractivity contribution in [2.45, 2.75) is 6.42 Å². The summed E-state index contributed by atoms with van der Waals surface area (Å²) >= 11 is 3.37. The molecule has 0 aliphatic rings. The van der Waals surface area contributed by atoms with E-state index in [2.05, 4.69) is 21.2 Å². The normalized spacial score (nSPS) is 10.2. The average Bonchev–Trinajstić information content (AvgIpc) is 2.58. The van der Waals surface area contributed by atoms with Gasteiger partial charge in [0.2, 0.25) is 5.91 Å². The summed E-state index contributed by atoms with van der Waals surface area (Å²) in [7, 11) is 0. The molecule has 3 aromatic rings. The molecule has 0 saturated heterocycles. The molecule has 4 heteroatoms. The van der Waals surface area contributed by atoms with Crippen LogP contribution >= 0.6 is 15.9 Å². The van der Waals surface area contributed by atoms with Crippen LogP contribution in [0.3, 0.4) is 0 Å². The van der Waals surface area contributed by atoms with Crippen LogP contribution in [-0.2, 0) is 11.2 Å². The number of carbonyl (C=O) groups excluding carboxylic acids is 1. The third-order valence-electron chi connectivity index (χ3n) is 3.37. The van der Waals surface area contributed by atoms with Crippen molar-refractivity contribution in [3.63, 3.8) is 0 Å². The third kappa shape index (κ3) is 4.70. The number of hydrogen-bond donors (Lipinski definition) is 1. The molecular weight excluding hydrogens is 366 g/mol. The fourth-order valence-corrected chi connectivity index (χ4v) is 2.53. The Hall–Kier alpha value is -2.59. The molecule has 120 valence electrons. The van der Waals surface area contributed by atoms with Gasteiger partial charge in [0.1, 0.15) is 11.5 Å². The van der Waals surface area contributed by atoms with Crippen molar-refractivity contribution < 1.29 is 9.53 Å². The van der Waals surface area contributed by atoms with Crippen molar-refractivity contribution in [3.05, 3.63) is 88.9 Å². The summed E-state index contributed by atoms with van der Waals surface area (Å²) in [5, 5.41) is 2.89. The van der Waals surface area contributed by atoms with Gasteiger partial charge in [0, 0.05) is 10.2 Å². The minimum absolute atomic E-state index is 0.0609. The van der Waals surface area contributed by atoms with Crippen LogP contribution in [0.4, 0.5) is 5.69 Å². The number of rotatable bonds is 5. The molecule has 1 amide bonds. The first-order valence-electron chi connectivity index (χ1n) is 7.56. The number of anilines is 1. The number of para-hydroxylation sites is 1. The SMILES string of the molecule is O=C(Cc1cccc(Oc2ccccc2)c1)Nc1ccc(Br)cc1. The van der Waals surface area contributed by atoms with Crippen LogP contribution in [0, 0.1) is 0 Å². The second-order valence-electron chi connectivity index (χ2n) is 5.29. The minimum Gasteiger partial charge on any atom is -0.457 e. The van der Waals surface area contributed by atoms with Crippen molar-refractivity contribution in [1.82, 2.24) is 0 Å². The maximum Gasteiger partial charge on any atom is 0.228 e. The Morgan fingerprint density at radius 1 is 0.875 bits per heavy atom. The predicted octanol–water partition coefficient (Wildman–Crippen LogP) is 5.42. The molecule has 24 heavy (non-hydrogen) atoms. The number of ether oxygens (including phenoxy) is 1. The van der Waals surface area contributed by atoms with Gasteiger partial charge >= 0.3 is 0 Å². The molecule has 0 aromatic heterocycles. The van der Waals surface area contributed by atoms with Crippen molar-refractivity contribution in [2.75, 3.05) is 5.32 Å². The van der Waals surface area contributed by atoms with Gasteiger partial charge in [-0.25, -0.2) is 0 Å². The Morgan fingerprint density at radius 2 is 1.58 bits per heavy atom. The van der Waals surface area contributed by atoms with Crippen LogP contribution in [0.1, 0.15) is 5.56 Å². The highest BCUT2D eigenvalue weighted by Crippen LogP contribution is 2.22. The first-order chi connectivity index (χ1) is 11.7. The summed E-state index contributed by atoms with van der Waals surface area (Å²) in [4.78, 5) is 12.2. The molecule has 0 aliphatic carbocycles. The highest BCUT2D eigenvalue weighted by Gasteiger charge is 2.06. The lowest BCUT2D eigenvalue weighted by Crippen LogP contribution is -2.14. The third-order valence-corrected chi connectivity index (χ3v) is 3.90. The largest absolute Gasteiger partial charge is 0.457 e. The zero-order valence-electron chi connectivity index (χ0n) is 12.9. The van der Waals surface area contributed by atoms with Gasteiger partial charge in [0.05, 0.1) is 6.42 Å². The van der Waals surface area contributed by atoms with Crippen LogP contribution < -0.4 is 10.1 Å². The van der Waals surface area contributed by atoms with Crippen LogP contribution in [0.5, 0.6) is 11.5 Å². The second kappa shape index (κ2) is 7.79. The van der Waals surface area contributed by atoms with Gasteiger partial charge in [0.25, 0.3) is 0 Å². The lowest BCUT2D eigenvalue weighted by Gasteiger charge is -2.08. The lowest BCUT2D eigenvalue weighted by atomic mass is 10.1. The fourth-order valence-electron chi connectivity index (χ4n) is 2.27. The van der Waals surface area contributed by atoms with Gasteiger partial charge in [-0.2, -0.15) is 0 Å². The van der Waals surface area contributed by atoms with Crippen molar-refractivity contribution in [3.8, 4) is 11.5 Å². The molecule has 0 fully saturated rings. The minimum atomic E-state index is -0.0609. The molecule has 0 spiro atoms. The molecule has 0 bridgehead atoms. The van der Waals surface area contributed by atoms with E-state index < -0.39 is 0 Å². The first-order valence-corrected chi connectivity index (χ1v) is 8.35. The topological polar surface area (TPSA) is 38.3 Å². The highest BCUT2D eigenvalue weighted by atomic mass is 79.9. The van der Waals surface area contributed by atoms with Crippen molar-refractivity contribution >= 4 is 27.5 Å². The quantitative estimate of drug-likeness (QED) is 0.640. The highest BCUT2D eigenvalue weighted by molar-refractivity contribution is 9.10. The Kier molecular flexibility index (Phi) is 5.29. The monoisotopic (exact) mass is 381 g/mol. The van der Waals surface area contributed by atoms with E-state index in [-0.39, 0.29) is 5.91 Å². The van der Waals surface area contributed by atoms with Crippen molar-refractivity contribution in [2.24, 2.45) is 0 Å². The van der Waals surface area contributed by atoms with Crippen molar-refractivity contribution in [1.29, 1.82) is 0 Å². The van der Waals surface area contributed by atoms with Gasteiger partial charge < -0.3 is 10.1 Å². The van der Waals surface area contributed by atoms with Gasteiger partial charge in [0.15, 0.2) is 0 Å². The average molecular weight is 382 g/mol. The van der Waals surface area contributed by atoms with Gasteiger partial charge in [-0.15, -0.1) is 0 Å². The number of amides is 1. The molecule has 0 atom stereocenters. The zero-order chi connectivity index (χ0) is 16.8. The Bertz CT molecular complexity index is 817. The van der Waals surface area contributed by atoms with E-state index in [0.717, 1.165) is 27.2 Å². The molecule has 0 radical (unpaired) electrons. The molecule has 3 rings (SSSR count). The molecule has 3 aromatic carbocycles. The first kappa shape index (κ1) is 16.3. The molecule has 0 unspecified atom stereocenters. The summed E-state index contributed by atoms with van der Waals surface area (Å²) in [5.41, 5.74) is 1.68. The van der Waals surface area contributed by atoms with Gasteiger partial charge in [-0.3, -0.25) is 4.79 Å². The Labute approximate surface area is 149 Å². The summed E-state index contributed by atoms with van der Waals surface area (Å²) in [5.74, 6) is 1.43. The Balaban J connectivity index is 1.63. The summed E-state index contributed by atoms with van der Waals surface area (Å²) < 4.78 is 6.77. The summed E-state index contributed by atoms with van der Waals surface area (Å²) in [6.45, 7) is 0. The number of halogens is 1. The summed E-state index contributed by atoms with van der Waals surface area (Å²) in [6.07, 6.45) is 0.294. The molecule has 1 N–H and O–H groups in total. The van der Waals surface area contributed by atoms with E-state index in [0.29, 0.717) is 6.42 Å². The molecular formula is C20H16BrNO2. The number of benzene rings is 3. The van der Waals surface area contributed by atoms with E-state index in [1.807, 2.05) is 78.9 Å². The van der Waals surface area contributed by atoms with E-state index in [1.165, 1.54) is 0 Å². The second-order valence-corrected chi connectivity index (χ2v) is 6.21. The number of nitrogens with one attached hydrogen (secondary N) is 1. The molecule has 0 heterocycles. The van der Waals surface area contributed by atoms with E-state index in [9.17, 15) is 4.79 Å². The predicted molar refractivity (Wildman–Crippen MR) is 99.4 cm³/mol. The van der Waals surface area contributed by atoms with Gasteiger partial charge in [-0.1, -0.05) is 46.3 Å². The number of hydrogen-bond acceptors (Lipinski definition) is 2. The fraction of sp³-hybridized carbons (Fsp3) is 0.0500. The Morgan fingerprint density at radius 3 is 2.33 bits per heavy atom. The van der Waals surface area contributed by atoms with E-state index in [4.69, 9.17) is 4.74 Å². The zero-order valence-corrected chi connectivity index (χ0v) is 14.5. The van der Waals surface area contributed by atoms with E-state index in [1.54, 1.807) is 0 Å². The van der Waals surface area contributed by atoms with Crippen LogP contribution in [-0.4, -0.2) is 5.91 Å². The standard InChI is InChI=1S/C20H16BrNO2/c21-16-9-11-17(12-10-16)22-20(23)14-15-5-4-8-19(13-15)24-18-6-2-1-3-7-18/h1-13H,14H2,(H,22,23). The smallest absolute Gasteiger partial charge is 0.228 e. The molecule has 0 saturated carbocycles. The molecule has 0 aliphatic heterocycles. The van der Waals surface area contributed by atoms with Gasteiger partial charge in [-0.05, 0) is 54.1 Å². The maximum absolute atomic E-state index is 12.2. The maximum atomic E-state index is 12.2. The van der Waals surface area contributed by atoms with Crippen LogP contribution in [0.2, 0.25) is 0 Å². The van der Waals surface area contributed by atoms with E-state index >= 15 is 0 Å². The number of carbonyl (C=O) groups is 1. The molecule has 3 nitrogen and oxygen atoms in total. The summed E-state index contributed by atoms with van der Waals surface area (Å²) in [6, 6.07) is 24.6. The lowest BCUT2D eigenvalue weighted by molar-refractivity contribution is -0.115. The van der Waals surface area contributed by atoms with Crippen LogP contribution in [0.15, 0.2) is 83.3 Å². The van der Waals surface area contributed by atoms with Crippen LogP contribution in [0.25, 0.3) is 0 Å².